The van der Waals surface area contributed by atoms with Gasteiger partial charge in [0, 0.05) is 44.9 Å². The molecule has 0 unspecified atom stereocenters. The molecule has 8 N–H and O–H groups in total. The summed E-state index contributed by atoms with van der Waals surface area (Å²) in [5.74, 6) is -0.0282. The summed E-state index contributed by atoms with van der Waals surface area (Å²) >= 11 is 6.11. The maximum Gasteiger partial charge on any atom is 0.248 e. The Bertz CT molecular complexity index is 713. The molecule has 0 bridgehead atoms. The number of aliphatic imine (C=N–C) groups is 1. The van der Waals surface area contributed by atoms with Crippen LogP contribution in [0.3, 0.4) is 0 Å². The molecule has 9 heteroatoms. The molecule has 0 atom stereocenters. The standard InChI is InChI=1S/C16H13ClN2O.4H2O.Ti/c1-19-14-8-7-12(17)9-13(14)16(18-10-15(19)20)11-5-3-2-4-6-11;;;;;/h2-9H,10H2,1H3;4*1H2;. The fourth-order valence-corrected chi connectivity index (χ4v) is 2.48. The third kappa shape index (κ3) is 5.72. The summed E-state index contributed by atoms with van der Waals surface area (Å²) in [6.07, 6.45) is 0. The zero-order valence-electron chi connectivity index (χ0n) is 13.5. The Hall–Kier alpha value is -1.58. The van der Waals surface area contributed by atoms with Gasteiger partial charge in [-0.15, -0.1) is 0 Å². The van der Waals surface area contributed by atoms with Crippen LogP contribution in [-0.4, -0.2) is 47.1 Å². The number of halogens is 1. The monoisotopic (exact) mass is 404 g/mol. The molecule has 0 aliphatic carbocycles. The number of anilines is 1. The maximum absolute atomic E-state index is 12.0. The van der Waals surface area contributed by atoms with Gasteiger partial charge >= 0.3 is 0 Å². The molecule has 0 radical (unpaired) electrons. The van der Waals surface area contributed by atoms with Crippen LogP contribution in [0.4, 0.5) is 5.69 Å². The molecule has 7 nitrogen and oxygen atoms in total. The van der Waals surface area contributed by atoms with Crippen LogP contribution in [0.2, 0.25) is 5.02 Å². The van der Waals surface area contributed by atoms with E-state index in [0.717, 1.165) is 22.5 Å². The predicted molar refractivity (Wildman–Crippen MR) is 96.3 cm³/mol. The summed E-state index contributed by atoms with van der Waals surface area (Å²) in [6, 6.07) is 15.3. The van der Waals surface area contributed by atoms with E-state index in [2.05, 4.69) is 4.99 Å². The van der Waals surface area contributed by atoms with Crippen LogP contribution >= 0.6 is 11.6 Å². The number of rotatable bonds is 1. The molecule has 3 rings (SSSR count). The van der Waals surface area contributed by atoms with E-state index in [-0.39, 0.29) is 56.1 Å². The fourth-order valence-electron chi connectivity index (χ4n) is 2.31. The number of nitrogens with zero attached hydrogens (tertiary/aromatic N) is 2. The largest absolute Gasteiger partial charge is 0.412 e. The molecule has 0 saturated carbocycles. The number of amides is 1. The zero-order valence-corrected chi connectivity index (χ0v) is 15.8. The quantitative estimate of drug-likeness (QED) is 0.595. The molecular formula is C16H21ClN2O5Ti. The molecule has 0 saturated heterocycles. The van der Waals surface area contributed by atoms with Gasteiger partial charge in [0.25, 0.3) is 0 Å². The fraction of sp³-hybridized carbons (Fsp3) is 0.125. The molecule has 0 aromatic heterocycles. The van der Waals surface area contributed by atoms with E-state index < -0.39 is 0 Å². The summed E-state index contributed by atoms with van der Waals surface area (Å²) in [5, 5.41) is 0.634. The molecule has 0 spiro atoms. The van der Waals surface area contributed by atoms with Gasteiger partial charge in [-0.3, -0.25) is 9.79 Å². The first-order valence-electron chi connectivity index (χ1n) is 6.33. The first-order chi connectivity index (χ1) is 9.66. The van der Waals surface area contributed by atoms with Crippen molar-refractivity contribution in [3.63, 3.8) is 0 Å². The third-order valence-corrected chi connectivity index (χ3v) is 3.60. The summed E-state index contributed by atoms with van der Waals surface area (Å²) in [6.45, 7) is 0.146. The van der Waals surface area contributed by atoms with Crippen molar-refractivity contribution >= 4 is 28.9 Å². The summed E-state index contributed by atoms with van der Waals surface area (Å²) in [5.41, 5.74) is 3.51. The Morgan fingerprint density at radius 2 is 1.60 bits per heavy atom. The predicted octanol–water partition coefficient (Wildman–Crippen LogP) is -0.148. The van der Waals surface area contributed by atoms with E-state index in [9.17, 15) is 4.79 Å². The maximum atomic E-state index is 12.0. The van der Waals surface area contributed by atoms with Gasteiger partial charge in [-0.05, 0) is 18.2 Å². The van der Waals surface area contributed by atoms with Gasteiger partial charge < -0.3 is 26.8 Å². The SMILES string of the molecule is CN1C(=O)CN=C(c2ccccc2)c2cc(Cl)ccc21.O.O.O.O.[Ti]. The van der Waals surface area contributed by atoms with Crippen molar-refractivity contribution < 1.29 is 48.4 Å². The zero-order chi connectivity index (χ0) is 14.1. The molecule has 1 amide bonds. The minimum Gasteiger partial charge on any atom is -0.412 e. The van der Waals surface area contributed by atoms with Gasteiger partial charge in [0.15, 0.2) is 0 Å². The van der Waals surface area contributed by atoms with Crippen LogP contribution < -0.4 is 4.90 Å². The Morgan fingerprint density at radius 3 is 2.20 bits per heavy atom. The van der Waals surface area contributed by atoms with Gasteiger partial charge in [-0.25, -0.2) is 0 Å². The van der Waals surface area contributed by atoms with Gasteiger partial charge in [-0.2, -0.15) is 0 Å². The summed E-state index contributed by atoms with van der Waals surface area (Å²) in [4.78, 5) is 18.1. The van der Waals surface area contributed by atoms with Gasteiger partial charge in [0.05, 0.1) is 11.4 Å². The first kappa shape index (κ1) is 28.2. The Kier molecular flexibility index (Phi) is 13.4. The minimum atomic E-state index is -0.0282. The minimum absolute atomic E-state index is 0. The Balaban J connectivity index is -0.000000968. The second-order valence-electron chi connectivity index (χ2n) is 4.65. The number of benzene rings is 2. The molecule has 0 fully saturated rings. The number of fused-ring (bicyclic) bond motifs is 1. The first-order valence-corrected chi connectivity index (χ1v) is 6.71. The van der Waals surface area contributed by atoms with Crippen LogP contribution in [0.5, 0.6) is 0 Å². The smallest absolute Gasteiger partial charge is 0.248 e. The van der Waals surface area contributed by atoms with Crippen LogP contribution in [0.15, 0.2) is 53.5 Å². The van der Waals surface area contributed by atoms with Crippen molar-refractivity contribution in [3.05, 3.63) is 64.7 Å². The van der Waals surface area contributed by atoms with Crippen molar-refractivity contribution in [1.29, 1.82) is 0 Å². The van der Waals surface area contributed by atoms with Gasteiger partial charge in [0.2, 0.25) is 5.91 Å². The number of hydrogen-bond acceptors (Lipinski definition) is 2. The number of carbonyl (C=O) groups is 1. The van der Waals surface area contributed by atoms with E-state index in [4.69, 9.17) is 11.6 Å². The van der Waals surface area contributed by atoms with Crippen molar-refractivity contribution in [2.24, 2.45) is 4.99 Å². The van der Waals surface area contributed by atoms with Gasteiger partial charge in [-0.1, -0.05) is 41.9 Å². The van der Waals surface area contributed by atoms with Gasteiger partial charge in [0.1, 0.15) is 6.54 Å². The van der Waals surface area contributed by atoms with E-state index >= 15 is 0 Å². The van der Waals surface area contributed by atoms with E-state index in [1.807, 2.05) is 42.5 Å². The Labute approximate surface area is 165 Å². The normalized spacial score (nSPS) is 11.7. The molecule has 1 aliphatic rings. The Morgan fingerprint density at radius 1 is 1.00 bits per heavy atom. The van der Waals surface area contributed by atoms with Crippen molar-refractivity contribution in [3.8, 4) is 0 Å². The molecule has 136 valence electrons. The number of benzodiazepines with no additional fused rings is 1. The second-order valence-corrected chi connectivity index (χ2v) is 5.08. The van der Waals surface area contributed by atoms with Crippen LogP contribution in [-0.2, 0) is 26.5 Å². The van der Waals surface area contributed by atoms with Crippen LogP contribution in [0.25, 0.3) is 0 Å². The van der Waals surface area contributed by atoms with E-state index in [1.54, 1.807) is 18.0 Å². The topological polar surface area (TPSA) is 159 Å². The molecule has 2 aromatic carbocycles. The van der Waals surface area contributed by atoms with Crippen molar-refractivity contribution in [1.82, 2.24) is 0 Å². The summed E-state index contributed by atoms with van der Waals surface area (Å²) in [7, 11) is 1.76. The van der Waals surface area contributed by atoms with E-state index in [1.165, 1.54) is 0 Å². The number of hydrogen-bond donors (Lipinski definition) is 0. The average Bonchev–Trinajstić information content (AvgIpc) is 2.58. The molecule has 25 heavy (non-hydrogen) atoms. The number of likely N-dealkylation sites (N-methyl/N-ethyl adjacent to an activating group) is 1. The van der Waals surface area contributed by atoms with Crippen molar-refractivity contribution in [2.75, 3.05) is 18.5 Å². The molecule has 1 aliphatic heterocycles. The molecule has 1 heterocycles. The second kappa shape index (κ2) is 11.9. The molecular weight excluding hydrogens is 384 g/mol. The van der Waals surface area contributed by atoms with Crippen LogP contribution in [0.1, 0.15) is 11.1 Å². The average molecular weight is 405 g/mol. The third-order valence-electron chi connectivity index (χ3n) is 3.37. The van der Waals surface area contributed by atoms with E-state index in [0.29, 0.717) is 5.02 Å². The van der Waals surface area contributed by atoms with Crippen LogP contribution in [0, 0.1) is 0 Å². The summed E-state index contributed by atoms with van der Waals surface area (Å²) < 4.78 is 0. The molecule has 2 aromatic rings. The number of carbonyl (C=O) groups excluding carboxylic acids is 1. The van der Waals surface area contributed by atoms with Crippen molar-refractivity contribution in [2.45, 2.75) is 0 Å².